The molecule has 1 aromatic rings. The first-order valence-corrected chi connectivity index (χ1v) is 5.40. The molecule has 0 unspecified atom stereocenters. The number of hydrogen-bond acceptors (Lipinski definition) is 2. The maximum Gasteiger partial charge on any atom is 0.421 e. The van der Waals surface area contributed by atoms with Gasteiger partial charge >= 0.3 is 6.18 Å². The van der Waals surface area contributed by atoms with Crippen LogP contribution in [0.3, 0.4) is 0 Å². The van der Waals surface area contributed by atoms with Crippen molar-refractivity contribution in [1.82, 2.24) is 0 Å². The van der Waals surface area contributed by atoms with Gasteiger partial charge in [-0.05, 0) is 24.6 Å². The van der Waals surface area contributed by atoms with Gasteiger partial charge in [-0.25, -0.2) is 0 Å². The van der Waals surface area contributed by atoms with Gasteiger partial charge in [-0.2, -0.15) is 13.2 Å². The number of benzene rings is 1. The summed E-state index contributed by atoms with van der Waals surface area (Å²) < 4.78 is 43.9. The maximum absolute atomic E-state index is 13.0. The van der Waals surface area contributed by atoms with Crippen LogP contribution in [0.1, 0.15) is 18.9 Å². The van der Waals surface area contributed by atoms with E-state index in [1.54, 1.807) is 6.92 Å². The van der Waals surface area contributed by atoms with Crippen molar-refractivity contribution < 1.29 is 23.0 Å². The Hall–Kier alpha value is -1.49. The minimum atomic E-state index is -4.75. The number of halogens is 3. The molecule has 1 aromatic carbocycles. The zero-order valence-corrected chi connectivity index (χ0v) is 10.2. The number of rotatable bonds is 4. The lowest BCUT2D eigenvalue weighted by atomic mass is 9.89. The lowest BCUT2D eigenvalue weighted by Gasteiger charge is -2.30. The van der Waals surface area contributed by atoms with Crippen molar-refractivity contribution in [3.63, 3.8) is 0 Å². The Bertz CT molecular complexity index is 426. The van der Waals surface area contributed by atoms with Crippen LogP contribution in [0.2, 0.25) is 0 Å². The van der Waals surface area contributed by atoms with Gasteiger partial charge in [0.1, 0.15) is 5.75 Å². The topological polar surface area (TPSA) is 29.5 Å². The van der Waals surface area contributed by atoms with Crippen molar-refractivity contribution in [3.8, 4) is 5.75 Å². The third-order valence-corrected chi connectivity index (χ3v) is 2.67. The number of hydrogen-bond donors (Lipinski definition) is 1. The van der Waals surface area contributed by atoms with E-state index in [0.717, 1.165) is 0 Å². The Morgan fingerprint density at radius 3 is 2.50 bits per heavy atom. The van der Waals surface area contributed by atoms with Gasteiger partial charge in [0.2, 0.25) is 0 Å². The third-order valence-electron chi connectivity index (χ3n) is 2.67. The smallest absolute Gasteiger partial charge is 0.421 e. The summed E-state index contributed by atoms with van der Waals surface area (Å²) in [5, 5.41) is 9.94. The number of ether oxygens (including phenoxy) is 1. The molecule has 0 radical (unpaired) electrons. The maximum atomic E-state index is 13.0. The molecule has 18 heavy (non-hydrogen) atoms. The molecule has 0 bridgehead atoms. The van der Waals surface area contributed by atoms with Crippen molar-refractivity contribution in [2.24, 2.45) is 0 Å². The molecule has 0 heterocycles. The molecule has 1 N–H and O–H groups in total. The number of alkyl halides is 3. The van der Waals surface area contributed by atoms with Crippen molar-refractivity contribution in [2.75, 3.05) is 7.11 Å². The second-order valence-electron chi connectivity index (χ2n) is 3.86. The summed E-state index contributed by atoms with van der Waals surface area (Å²) in [7, 11) is 1.36. The Morgan fingerprint density at radius 2 is 2.00 bits per heavy atom. The zero-order chi connectivity index (χ0) is 13.8. The van der Waals surface area contributed by atoms with E-state index in [9.17, 15) is 18.3 Å². The summed E-state index contributed by atoms with van der Waals surface area (Å²) in [4.78, 5) is 0. The van der Waals surface area contributed by atoms with Gasteiger partial charge in [0, 0.05) is 6.42 Å². The monoisotopic (exact) mass is 260 g/mol. The first-order valence-electron chi connectivity index (χ1n) is 5.40. The molecule has 0 aliphatic carbocycles. The molecule has 0 fully saturated rings. The minimum absolute atomic E-state index is 0.229. The standard InChI is InChI=1S/C13H15F3O2/c1-3-4-8-12(17,13(14,15)16)10-6-5-7-11(9-10)18-2/h3-7,9,17H,8H2,1-2H3/b4-3-/t12-/m1/s1. The van der Waals surface area contributed by atoms with Gasteiger partial charge in [0.05, 0.1) is 7.11 Å². The molecular weight excluding hydrogens is 245 g/mol. The van der Waals surface area contributed by atoms with Crippen LogP contribution in [-0.4, -0.2) is 18.4 Å². The van der Waals surface area contributed by atoms with E-state index in [-0.39, 0.29) is 11.3 Å². The molecule has 0 aliphatic heterocycles. The van der Waals surface area contributed by atoms with Crippen molar-refractivity contribution >= 4 is 0 Å². The highest BCUT2D eigenvalue weighted by molar-refractivity contribution is 5.33. The first kappa shape index (κ1) is 14.6. The Kier molecular flexibility index (Phi) is 4.40. The molecule has 0 aromatic heterocycles. The molecular formula is C13H15F3O2. The molecule has 1 atom stereocenters. The van der Waals surface area contributed by atoms with Crippen LogP contribution in [-0.2, 0) is 5.60 Å². The third kappa shape index (κ3) is 2.85. The summed E-state index contributed by atoms with van der Waals surface area (Å²) in [6, 6.07) is 5.37. The number of methoxy groups -OCH3 is 1. The minimum Gasteiger partial charge on any atom is -0.497 e. The van der Waals surface area contributed by atoms with Crippen LogP contribution >= 0.6 is 0 Å². The van der Waals surface area contributed by atoms with Crippen molar-refractivity contribution in [2.45, 2.75) is 25.1 Å². The summed E-state index contributed by atoms with van der Waals surface area (Å²) in [6.07, 6.45) is -2.52. The van der Waals surface area contributed by atoms with Crippen LogP contribution in [0.25, 0.3) is 0 Å². The van der Waals surface area contributed by atoms with Crippen LogP contribution in [0.5, 0.6) is 5.75 Å². The van der Waals surface area contributed by atoms with Crippen molar-refractivity contribution in [1.29, 1.82) is 0 Å². The molecule has 0 amide bonds. The highest BCUT2D eigenvalue weighted by Gasteiger charge is 2.54. The second-order valence-corrected chi connectivity index (χ2v) is 3.86. The molecule has 2 nitrogen and oxygen atoms in total. The van der Waals surface area contributed by atoms with Gasteiger partial charge in [-0.3, -0.25) is 0 Å². The van der Waals surface area contributed by atoms with E-state index in [0.29, 0.717) is 0 Å². The molecule has 1 rings (SSSR count). The molecule has 0 saturated heterocycles. The average molecular weight is 260 g/mol. The summed E-state index contributed by atoms with van der Waals surface area (Å²) in [5.41, 5.74) is -3.12. The Morgan fingerprint density at radius 1 is 1.33 bits per heavy atom. The molecule has 0 aliphatic rings. The SMILES string of the molecule is C/C=C\C[C@@](O)(c1cccc(OC)c1)C(F)(F)F. The summed E-state index contributed by atoms with van der Waals surface area (Å²) in [6.45, 7) is 1.60. The van der Waals surface area contributed by atoms with E-state index in [4.69, 9.17) is 4.74 Å². The highest BCUT2D eigenvalue weighted by Crippen LogP contribution is 2.42. The summed E-state index contributed by atoms with van der Waals surface area (Å²) >= 11 is 0. The van der Waals surface area contributed by atoms with E-state index in [1.165, 1.54) is 43.5 Å². The lowest BCUT2D eigenvalue weighted by molar-refractivity contribution is -0.265. The fourth-order valence-electron chi connectivity index (χ4n) is 1.57. The fourth-order valence-corrected chi connectivity index (χ4v) is 1.57. The quantitative estimate of drug-likeness (QED) is 0.841. The zero-order valence-electron chi connectivity index (χ0n) is 10.2. The molecule has 5 heteroatoms. The van der Waals surface area contributed by atoms with E-state index >= 15 is 0 Å². The first-order chi connectivity index (χ1) is 8.35. The second kappa shape index (κ2) is 5.44. The number of allylic oxidation sites excluding steroid dienone is 1. The highest BCUT2D eigenvalue weighted by atomic mass is 19.4. The van der Waals surface area contributed by atoms with Gasteiger partial charge < -0.3 is 9.84 Å². The average Bonchev–Trinajstić information content (AvgIpc) is 2.34. The van der Waals surface area contributed by atoms with E-state index in [1.807, 2.05) is 0 Å². The predicted octanol–water partition coefficient (Wildman–Crippen LogP) is 3.41. The van der Waals surface area contributed by atoms with Crippen LogP contribution in [0.4, 0.5) is 13.2 Å². The molecule has 0 spiro atoms. The number of aliphatic hydroxyl groups is 1. The molecule has 100 valence electrons. The predicted molar refractivity (Wildman–Crippen MR) is 62.4 cm³/mol. The van der Waals surface area contributed by atoms with Crippen LogP contribution in [0, 0.1) is 0 Å². The Balaban J connectivity index is 3.25. The van der Waals surface area contributed by atoms with Crippen LogP contribution in [0.15, 0.2) is 36.4 Å². The largest absolute Gasteiger partial charge is 0.497 e. The van der Waals surface area contributed by atoms with Gasteiger partial charge in [0.15, 0.2) is 5.60 Å². The van der Waals surface area contributed by atoms with Crippen LogP contribution < -0.4 is 4.74 Å². The molecule has 0 saturated carbocycles. The van der Waals surface area contributed by atoms with Gasteiger partial charge in [-0.15, -0.1) is 0 Å². The lowest BCUT2D eigenvalue weighted by Crippen LogP contribution is -2.41. The van der Waals surface area contributed by atoms with E-state index in [2.05, 4.69) is 0 Å². The van der Waals surface area contributed by atoms with Gasteiger partial charge in [-0.1, -0.05) is 24.3 Å². The van der Waals surface area contributed by atoms with Gasteiger partial charge in [0.25, 0.3) is 0 Å². The Labute approximate surface area is 104 Å². The fraction of sp³-hybridized carbons (Fsp3) is 0.385. The van der Waals surface area contributed by atoms with E-state index < -0.39 is 18.2 Å². The van der Waals surface area contributed by atoms with Crippen molar-refractivity contribution in [3.05, 3.63) is 42.0 Å². The summed E-state index contributed by atoms with van der Waals surface area (Å²) in [5.74, 6) is 0.274. The normalized spacial score (nSPS) is 15.7.